The largest absolute Gasteiger partial charge is 0.395 e. The molecule has 2 unspecified atom stereocenters. The molecular weight excluding hydrogens is 260 g/mol. The molecule has 0 aromatic heterocycles. The van der Waals surface area contributed by atoms with Gasteiger partial charge in [0.1, 0.15) is 0 Å². The Morgan fingerprint density at radius 3 is 2.00 bits per heavy atom. The molecule has 0 amide bonds. The number of hydrogen-bond acceptors (Lipinski definition) is 7. The highest BCUT2D eigenvalue weighted by Gasteiger charge is 2.24. The molecule has 2 atom stereocenters. The van der Waals surface area contributed by atoms with E-state index in [9.17, 15) is 10.2 Å². The topological polar surface area (TPSA) is 100 Å². The first-order valence-electron chi connectivity index (χ1n) is 7.55. The van der Waals surface area contributed by atoms with Gasteiger partial charge in [-0.25, -0.2) is 0 Å². The zero-order valence-electron chi connectivity index (χ0n) is 12.2. The zero-order chi connectivity index (χ0) is 14.6. The summed E-state index contributed by atoms with van der Waals surface area (Å²) >= 11 is 0. The second kappa shape index (κ2) is 11.4. The van der Waals surface area contributed by atoms with Crippen LogP contribution < -0.4 is 16.0 Å². The fraction of sp³-hybridized carbons (Fsp3) is 1.00. The smallest absolute Gasteiger partial charge is 0.0947 e. The van der Waals surface area contributed by atoms with Gasteiger partial charge in [-0.05, 0) is 19.5 Å². The van der Waals surface area contributed by atoms with E-state index in [1.54, 1.807) is 0 Å². The van der Waals surface area contributed by atoms with Crippen molar-refractivity contribution in [1.82, 2.24) is 20.9 Å². The Morgan fingerprint density at radius 2 is 1.40 bits per heavy atom. The Balaban J connectivity index is 2.49. The van der Waals surface area contributed by atoms with E-state index in [1.807, 2.05) is 0 Å². The van der Waals surface area contributed by atoms with E-state index in [1.165, 1.54) is 0 Å². The Kier molecular flexibility index (Phi) is 10.1. The van der Waals surface area contributed by atoms with E-state index in [2.05, 4.69) is 20.9 Å². The number of rotatable bonds is 4. The van der Waals surface area contributed by atoms with E-state index in [-0.39, 0.29) is 13.2 Å². The Hall–Kier alpha value is -0.280. The summed E-state index contributed by atoms with van der Waals surface area (Å²) in [5.41, 5.74) is 0. The van der Waals surface area contributed by atoms with Gasteiger partial charge < -0.3 is 31.3 Å². The molecule has 0 aromatic rings. The molecule has 0 spiro atoms. The lowest BCUT2D eigenvalue weighted by Crippen LogP contribution is -2.50. The van der Waals surface area contributed by atoms with Crippen LogP contribution in [0.15, 0.2) is 0 Å². The van der Waals surface area contributed by atoms with E-state index in [4.69, 9.17) is 5.11 Å². The first-order valence-corrected chi connectivity index (χ1v) is 7.55. The van der Waals surface area contributed by atoms with Crippen LogP contribution in [0.5, 0.6) is 0 Å². The standard InChI is InChI=1S/C13H30N4O3/c18-10-12(13(20)11-19)17-8-1-2-14-3-4-15-5-6-16-7-9-17/h12-16,18-20H,1-11H2. The minimum absolute atomic E-state index is 0.142. The van der Waals surface area contributed by atoms with Gasteiger partial charge in [-0.1, -0.05) is 0 Å². The highest BCUT2D eigenvalue weighted by molar-refractivity contribution is 4.79. The van der Waals surface area contributed by atoms with Crippen molar-refractivity contribution in [2.75, 3.05) is 65.6 Å². The van der Waals surface area contributed by atoms with E-state index in [0.29, 0.717) is 0 Å². The van der Waals surface area contributed by atoms with Crippen molar-refractivity contribution < 1.29 is 15.3 Å². The molecule has 1 aliphatic heterocycles. The third-order valence-electron chi connectivity index (χ3n) is 3.62. The molecule has 7 nitrogen and oxygen atoms in total. The SMILES string of the molecule is OCC(O)C(CO)N1CCCNCCNCCNCC1. The van der Waals surface area contributed by atoms with Gasteiger partial charge in [0.15, 0.2) is 0 Å². The van der Waals surface area contributed by atoms with Crippen molar-refractivity contribution in [1.29, 1.82) is 0 Å². The number of aliphatic hydroxyl groups excluding tert-OH is 3. The molecule has 7 heteroatoms. The molecule has 1 heterocycles. The van der Waals surface area contributed by atoms with Crippen LogP contribution in [0.3, 0.4) is 0 Å². The van der Waals surface area contributed by atoms with Gasteiger partial charge in [-0.15, -0.1) is 0 Å². The average Bonchev–Trinajstić information content (AvgIpc) is 2.49. The van der Waals surface area contributed by atoms with Crippen molar-refractivity contribution in [3.63, 3.8) is 0 Å². The monoisotopic (exact) mass is 290 g/mol. The summed E-state index contributed by atoms with van der Waals surface area (Å²) in [6.45, 7) is 6.56. The molecule has 1 saturated heterocycles. The summed E-state index contributed by atoms with van der Waals surface area (Å²) in [4.78, 5) is 2.06. The molecule has 0 saturated carbocycles. The van der Waals surface area contributed by atoms with Crippen molar-refractivity contribution in [2.24, 2.45) is 0 Å². The zero-order valence-corrected chi connectivity index (χ0v) is 12.2. The minimum atomic E-state index is -0.898. The van der Waals surface area contributed by atoms with Crippen LogP contribution in [0.1, 0.15) is 6.42 Å². The lowest BCUT2D eigenvalue weighted by Gasteiger charge is -2.33. The molecule has 1 aliphatic rings. The van der Waals surface area contributed by atoms with Gasteiger partial charge in [-0.3, -0.25) is 4.90 Å². The lowest BCUT2D eigenvalue weighted by molar-refractivity contribution is -0.0131. The van der Waals surface area contributed by atoms with Gasteiger partial charge in [0.25, 0.3) is 0 Å². The summed E-state index contributed by atoms with van der Waals surface area (Å²) in [6, 6.07) is -0.398. The highest BCUT2D eigenvalue weighted by atomic mass is 16.3. The van der Waals surface area contributed by atoms with Crippen molar-refractivity contribution in [3.8, 4) is 0 Å². The Labute approximate surface area is 121 Å². The third-order valence-corrected chi connectivity index (χ3v) is 3.62. The van der Waals surface area contributed by atoms with E-state index >= 15 is 0 Å². The van der Waals surface area contributed by atoms with Crippen LogP contribution in [0.25, 0.3) is 0 Å². The lowest BCUT2D eigenvalue weighted by atomic mass is 10.1. The minimum Gasteiger partial charge on any atom is -0.395 e. The van der Waals surface area contributed by atoms with Crippen LogP contribution in [0, 0.1) is 0 Å². The Morgan fingerprint density at radius 1 is 0.800 bits per heavy atom. The van der Waals surface area contributed by atoms with Crippen molar-refractivity contribution in [3.05, 3.63) is 0 Å². The van der Waals surface area contributed by atoms with Gasteiger partial charge in [0.2, 0.25) is 0 Å². The van der Waals surface area contributed by atoms with Crippen LogP contribution in [-0.4, -0.2) is 97.9 Å². The third kappa shape index (κ3) is 6.94. The summed E-state index contributed by atoms with van der Waals surface area (Å²) in [7, 11) is 0. The second-order valence-electron chi connectivity index (χ2n) is 5.14. The normalized spacial score (nSPS) is 24.1. The van der Waals surface area contributed by atoms with Gasteiger partial charge in [0.05, 0.1) is 25.4 Å². The van der Waals surface area contributed by atoms with Crippen molar-refractivity contribution in [2.45, 2.75) is 18.6 Å². The molecule has 1 rings (SSSR count). The number of aliphatic hydroxyl groups is 3. The number of nitrogens with one attached hydrogen (secondary N) is 3. The number of hydrogen-bond donors (Lipinski definition) is 6. The highest BCUT2D eigenvalue weighted by Crippen LogP contribution is 2.05. The maximum Gasteiger partial charge on any atom is 0.0947 e. The first kappa shape index (κ1) is 17.8. The summed E-state index contributed by atoms with van der Waals surface area (Å²) in [5, 5.41) is 38.4. The summed E-state index contributed by atoms with van der Waals surface area (Å²) in [6.07, 6.45) is 0.0552. The molecule has 0 radical (unpaired) electrons. The van der Waals surface area contributed by atoms with Gasteiger partial charge >= 0.3 is 0 Å². The fourth-order valence-electron chi connectivity index (χ4n) is 2.40. The maximum atomic E-state index is 9.81. The Bertz CT molecular complexity index is 220. The van der Waals surface area contributed by atoms with Crippen LogP contribution >= 0.6 is 0 Å². The predicted molar refractivity (Wildman–Crippen MR) is 78.8 cm³/mol. The van der Waals surface area contributed by atoms with E-state index in [0.717, 1.165) is 58.8 Å². The predicted octanol–water partition coefficient (Wildman–Crippen LogP) is -2.82. The van der Waals surface area contributed by atoms with Crippen LogP contribution in [-0.2, 0) is 0 Å². The second-order valence-corrected chi connectivity index (χ2v) is 5.14. The van der Waals surface area contributed by atoms with Gasteiger partial charge in [0, 0.05) is 39.3 Å². The van der Waals surface area contributed by atoms with E-state index < -0.39 is 12.1 Å². The average molecular weight is 290 g/mol. The molecule has 0 aromatic carbocycles. The summed E-state index contributed by atoms with van der Waals surface area (Å²) in [5.74, 6) is 0. The van der Waals surface area contributed by atoms with Crippen molar-refractivity contribution >= 4 is 0 Å². The molecule has 0 bridgehead atoms. The fourth-order valence-corrected chi connectivity index (χ4v) is 2.40. The quantitative estimate of drug-likeness (QED) is 0.332. The summed E-state index contributed by atoms with van der Waals surface area (Å²) < 4.78 is 0. The molecule has 6 N–H and O–H groups in total. The molecule has 1 fully saturated rings. The molecule has 0 aliphatic carbocycles. The van der Waals surface area contributed by atoms with Gasteiger partial charge in [-0.2, -0.15) is 0 Å². The van der Waals surface area contributed by atoms with Crippen LogP contribution in [0.2, 0.25) is 0 Å². The number of nitrogens with zero attached hydrogens (tertiary/aromatic N) is 1. The molecular formula is C13H30N4O3. The molecule has 120 valence electrons. The maximum absolute atomic E-state index is 9.81. The van der Waals surface area contributed by atoms with Crippen LogP contribution in [0.4, 0.5) is 0 Å². The first-order chi connectivity index (χ1) is 9.79. The molecule has 20 heavy (non-hydrogen) atoms.